The Morgan fingerprint density at radius 1 is 1.04 bits per heavy atom. The number of halogens is 1. The molecule has 2 aliphatic rings. The largest absolute Gasteiger partial charge is 0.342 e. The van der Waals surface area contributed by atoms with Gasteiger partial charge in [-0.15, -0.1) is 0 Å². The lowest BCUT2D eigenvalue weighted by Gasteiger charge is -2.35. The van der Waals surface area contributed by atoms with Crippen LogP contribution in [0.15, 0.2) is 36.5 Å². The topological polar surface area (TPSA) is 61.4 Å². The maximum Gasteiger partial charge on any atom is 0.227 e. The van der Waals surface area contributed by atoms with E-state index in [1.165, 1.54) is 12.5 Å². The molecule has 1 aromatic carbocycles. The lowest BCUT2D eigenvalue weighted by Crippen LogP contribution is -2.44. The third-order valence-corrected chi connectivity index (χ3v) is 5.57. The summed E-state index contributed by atoms with van der Waals surface area (Å²) in [5.41, 5.74) is 0.387. The first-order chi connectivity index (χ1) is 13.7. The highest BCUT2D eigenvalue weighted by Crippen LogP contribution is 2.25. The van der Waals surface area contributed by atoms with Crippen molar-refractivity contribution in [2.75, 3.05) is 36.4 Å². The van der Waals surface area contributed by atoms with E-state index in [9.17, 15) is 9.18 Å². The SMILES string of the molecule is O=C(C1CCN(c2nccc(Nc3ccccc3F)n2)CC1)N1CCCCC1. The molecule has 2 aromatic rings. The zero-order valence-corrected chi connectivity index (χ0v) is 16.0. The van der Waals surface area contributed by atoms with Crippen molar-refractivity contribution in [1.82, 2.24) is 14.9 Å². The Morgan fingerprint density at radius 2 is 1.79 bits per heavy atom. The van der Waals surface area contributed by atoms with Crippen LogP contribution in [-0.4, -0.2) is 47.0 Å². The summed E-state index contributed by atoms with van der Waals surface area (Å²) in [4.78, 5) is 25.8. The lowest BCUT2D eigenvalue weighted by atomic mass is 9.94. The van der Waals surface area contributed by atoms with Crippen LogP contribution in [0.3, 0.4) is 0 Å². The molecule has 148 valence electrons. The third kappa shape index (κ3) is 4.24. The summed E-state index contributed by atoms with van der Waals surface area (Å²) >= 11 is 0. The van der Waals surface area contributed by atoms with Crippen molar-refractivity contribution in [2.45, 2.75) is 32.1 Å². The van der Waals surface area contributed by atoms with Crippen molar-refractivity contribution in [2.24, 2.45) is 5.92 Å². The highest BCUT2D eigenvalue weighted by molar-refractivity contribution is 5.79. The average Bonchev–Trinajstić information content (AvgIpc) is 2.76. The monoisotopic (exact) mass is 383 g/mol. The summed E-state index contributed by atoms with van der Waals surface area (Å²) in [6.07, 6.45) is 6.81. The lowest BCUT2D eigenvalue weighted by molar-refractivity contribution is -0.137. The first kappa shape index (κ1) is 18.7. The predicted octanol–water partition coefficient (Wildman–Crippen LogP) is 3.59. The predicted molar refractivity (Wildman–Crippen MR) is 107 cm³/mol. The third-order valence-electron chi connectivity index (χ3n) is 5.57. The molecular formula is C21H26FN5O. The molecule has 2 aliphatic heterocycles. The van der Waals surface area contributed by atoms with Crippen molar-refractivity contribution in [3.05, 3.63) is 42.3 Å². The van der Waals surface area contributed by atoms with Crippen LogP contribution >= 0.6 is 0 Å². The highest BCUT2D eigenvalue weighted by Gasteiger charge is 2.30. The van der Waals surface area contributed by atoms with Gasteiger partial charge in [-0.2, -0.15) is 4.98 Å². The molecule has 28 heavy (non-hydrogen) atoms. The minimum Gasteiger partial charge on any atom is -0.342 e. The quantitative estimate of drug-likeness (QED) is 0.874. The smallest absolute Gasteiger partial charge is 0.227 e. The van der Waals surface area contributed by atoms with Crippen LogP contribution in [0, 0.1) is 11.7 Å². The summed E-state index contributed by atoms with van der Waals surface area (Å²) in [6.45, 7) is 3.33. The van der Waals surface area contributed by atoms with Gasteiger partial charge in [-0.25, -0.2) is 9.37 Å². The number of benzene rings is 1. The zero-order valence-electron chi connectivity index (χ0n) is 16.0. The van der Waals surface area contributed by atoms with Crippen LogP contribution in [0.4, 0.5) is 21.8 Å². The Bertz CT molecular complexity index is 816. The second kappa shape index (κ2) is 8.54. The van der Waals surface area contributed by atoms with Crippen LogP contribution in [0.1, 0.15) is 32.1 Å². The Morgan fingerprint density at radius 3 is 2.54 bits per heavy atom. The first-order valence-corrected chi connectivity index (χ1v) is 10.1. The van der Waals surface area contributed by atoms with Gasteiger partial charge < -0.3 is 15.1 Å². The van der Waals surface area contributed by atoms with Gasteiger partial charge in [0.1, 0.15) is 11.6 Å². The number of anilines is 3. The maximum absolute atomic E-state index is 13.9. The number of hydrogen-bond donors (Lipinski definition) is 1. The van der Waals surface area contributed by atoms with E-state index in [1.54, 1.807) is 30.5 Å². The molecule has 0 saturated carbocycles. The first-order valence-electron chi connectivity index (χ1n) is 10.1. The fourth-order valence-electron chi connectivity index (χ4n) is 3.97. The van der Waals surface area contributed by atoms with Crippen molar-refractivity contribution in [1.29, 1.82) is 0 Å². The maximum atomic E-state index is 13.9. The summed E-state index contributed by atoms with van der Waals surface area (Å²) < 4.78 is 13.9. The van der Waals surface area contributed by atoms with Gasteiger partial charge in [0.05, 0.1) is 5.69 Å². The van der Waals surface area contributed by atoms with Gasteiger partial charge >= 0.3 is 0 Å². The minimum atomic E-state index is -0.320. The van der Waals surface area contributed by atoms with Crippen molar-refractivity contribution in [3.63, 3.8) is 0 Å². The van der Waals surface area contributed by atoms with E-state index in [0.29, 0.717) is 23.4 Å². The second-order valence-corrected chi connectivity index (χ2v) is 7.49. The van der Waals surface area contributed by atoms with E-state index in [-0.39, 0.29) is 11.7 Å². The van der Waals surface area contributed by atoms with Crippen LogP contribution in [0.2, 0.25) is 0 Å². The van der Waals surface area contributed by atoms with E-state index in [1.807, 2.05) is 4.90 Å². The number of para-hydroxylation sites is 1. The number of piperidine rings is 2. The van der Waals surface area contributed by atoms with E-state index in [0.717, 1.165) is 51.9 Å². The second-order valence-electron chi connectivity index (χ2n) is 7.49. The number of nitrogens with one attached hydrogen (secondary N) is 1. The number of amides is 1. The number of rotatable bonds is 4. The van der Waals surface area contributed by atoms with Gasteiger partial charge in [0, 0.05) is 38.3 Å². The van der Waals surface area contributed by atoms with E-state index in [4.69, 9.17) is 0 Å². The van der Waals surface area contributed by atoms with Gasteiger partial charge in [0.25, 0.3) is 0 Å². The normalized spacial score (nSPS) is 18.2. The van der Waals surface area contributed by atoms with Gasteiger partial charge in [-0.05, 0) is 50.3 Å². The zero-order chi connectivity index (χ0) is 19.3. The molecule has 0 aliphatic carbocycles. The number of hydrogen-bond acceptors (Lipinski definition) is 5. The Kier molecular flexibility index (Phi) is 5.69. The molecule has 1 N–H and O–H groups in total. The molecule has 1 amide bonds. The van der Waals surface area contributed by atoms with Crippen LogP contribution in [0.5, 0.6) is 0 Å². The molecule has 1 aromatic heterocycles. The minimum absolute atomic E-state index is 0.106. The number of likely N-dealkylation sites (tertiary alicyclic amines) is 1. The molecule has 2 fully saturated rings. The van der Waals surface area contributed by atoms with Crippen molar-refractivity contribution in [3.8, 4) is 0 Å². The van der Waals surface area contributed by atoms with E-state index < -0.39 is 0 Å². The summed E-state index contributed by atoms with van der Waals surface area (Å²) in [6, 6.07) is 8.24. The number of carbonyl (C=O) groups excluding carboxylic acids is 1. The van der Waals surface area contributed by atoms with Crippen LogP contribution in [0.25, 0.3) is 0 Å². The Balaban J connectivity index is 1.37. The molecule has 7 heteroatoms. The molecule has 4 rings (SSSR count). The molecule has 0 atom stereocenters. The van der Waals surface area contributed by atoms with Crippen molar-refractivity contribution < 1.29 is 9.18 Å². The Labute approximate surface area is 164 Å². The summed E-state index contributed by atoms with van der Waals surface area (Å²) in [7, 11) is 0. The van der Waals surface area contributed by atoms with Crippen LogP contribution in [-0.2, 0) is 4.79 Å². The fraction of sp³-hybridized carbons (Fsp3) is 0.476. The average molecular weight is 383 g/mol. The highest BCUT2D eigenvalue weighted by atomic mass is 19.1. The molecule has 3 heterocycles. The summed E-state index contributed by atoms with van der Waals surface area (Å²) in [5, 5.41) is 3.01. The van der Waals surface area contributed by atoms with Gasteiger partial charge in [-0.1, -0.05) is 12.1 Å². The van der Waals surface area contributed by atoms with E-state index in [2.05, 4.69) is 20.2 Å². The molecule has 2 saturated heterocycles. The number of carbonyl (C=O) groups is 1. The fourth-order valence-corrected chi connectivity index (χ4v) is 3.97. The molecule has 0 radical (unpaired) electrons. The van der Waals surface area contributed by atoms with E-state index >= 15 is 0 Å². The number of nitrogens with zero attached hydrogens (tertiary/aromatic N) is 4. The molecule has 0 bridgehead atoms. The molecule has 6 nitrogen and oxygen atoms in total. The van der Waals surface area contributed by atoms with Crippen molar-refractivity contribution >= 4 is 23.4 Å². The standard InChI is InChI=1S/C21H26FN5O/c22-17-6-2-3-7-18(17)24-19-8-11-23-21(25-19)27-14-9-16(10-15-27)20(28)26-12-4-1-5-13-26/h2-3,6-8,11,16H,1,4-5,9-10,12-15H2,(H,23,24,25). The molecular weight excluding hydrogens is 357 g/mol. The number of aromatic nitrogens is 2. The van der Waals surface area contributed by atoms with Crippen LogP contribution < -0.4 is 10.2 Å². The van der Waals surface area contributed by atoms with Gasteiger partial charge in [-0.3, -0.25) is 4.79 Å². The Hall–Kier alpha value is -2.70. The van der Waals surface area contributed by atoms with Gasteiger partial charge in [0.2, 0.25) is 11.9 Å². The molecule has 0 unspecified atom stereocenters. The summed E-state index contributed by atoms with van der Waals surface area (Å²) in [5.74, 6) is 1.27. The molecule has 0 spiro atoms. The van der Waals surface area contributed by atoms with Gasteiger partial charge in [0.15, 0.2) is 0 Å².